The maximum Gasteiger partial charge on any atom is 0.331 e. The van der Waals surface area contributed by atoms with Crippen LogP contribution in [0.5, 0.6) is 0 Å². The zero-order valence-electron chi connectivity index (χ0n) is 10.7. The number of nitrogens with zero attached hydrogens (tertiary/aromatic N) is 1. The molecule has 1 aromatic carbocycles. The van der Waals surface area contributed by atoms with Crippen molar-refractivity contribution in [3.05, 3.63) is 28.1 Å². The number of rotatable bonds is 5. The minimum absolute atomic E-state index is 0.360. The van der Waals surface area contributed by atoms with Crippen molar-refractivity contribution >= 4 is 30.7 Å². The third kappa shape index (κ3) is 3.22. The summed E-state index contributed by atoms with van der Waals surface area (Å²) in [6, 6.07) is 0.665. The quantitative estimate of drug-likeness (QED) is 0.375. The molecule has 2 unspecified atom stereocenters. The predicted octanol–water partition coefficient (Wildman–Crippen LogP) is 0.839. The van der Waals surface area contributed by atoms with Gasteiger partial charge >= 0.3 is 11.7 Å². The highest BCUT2D eigenvalue weighted by Gasteiger charge is 2.30. The maximum atomic E-state index is 13.6. The molecular formula is C11H11BF2N2O4. The van der Waals surface area contributed by atoms with Crippen LogP contribution in [0.3, 0.4) is 0 Å². The van der Waals surface area contributed by atoms with E-state index in [9.17, 15) is 23.7 Å². The Hall–Kier alpha value is -2.19. The van der Waals surface area contributed by atoms with Crippen LogP contribution in [0.2, 0.25) is 0 Å². The number of carbonyl (C=O) groups excluding carboxylic acids is 1. The minimum atomic E-state index is -1.71. The van der Waals surface area contributed by atoms with Gasteiger partial charge in [-0.3, -0.25) is 10.1 Å². The summed E-state index contributed by atoms with van der Waals surface area (Å²) < 4.78 is 31.4. The smallest absolute Gasteiger partial charge is 0.331 e. The van der Waals surface area contributed by atoms with Gasteiger partial charge in [-0.05, 0) is 13.0 Å². The fourth-order valence-corrected chi connectivity index (χ4v) is 1.53. The summed E-state index contributed by atoms with van der Waals surface area (Å²) >= 11 is 0. The Morgan fingerprint density at radius 2 is 2.15 bits per heavy atom. The molecule has 0 spiro atoms. The predicted molar refractivity (Wildman–Crippen MR) is 68.4 cm³/mol. The van der Waals surface area contributed by atoms with Crippen LogP contribution >= 0.6 is 0 Å². The molecule has 106 valence electrons. The highest BCUT2D eigenvalue weighted by Crippen LogP contribution is 2.27. The maximum absolute atomic E-state index is 13.6. The lowest BCUT2D eigenvalue weighted by Gasteiger charge is -2.19. The molecule has 0 amide bonds. The number of nitrogens with one attached hydrogen (secondary N) is 1. The highest BCUT2D eigenvalue weighted by atomic mass is 19.1. The van der Waals surface area contributed by atoms with Gasteiger partial charge in [0.2, 0.25) is 0 Å². The molecule has 1 N–H and O–H groups in total. The minimum Gasteiger partial charge on any atom is -0.467 e. The average molecular weight is 284 g/mol. The van der Waals surface area contributed by atoms with Crippen LogP contribution in [0, 0.1) is 15.9 Å². The lowest BCUT2D eigenvalue weighted by atomic mass is 9.94. The zero-order valence-corrected chi connectivity index (χ0v) is 10.7. The first-order valence-corrected chi connectivity index (χ1v) is 5.50. The van der Waals surface area contributed by atoms with Crippen LogP contribution in [0.15, 0.2) is 12.1 Å². The Labute approximate surface area is 114 Å². The first-order valence-electron chi connectivity index (χ1n) is 5.50. The first-order chi connectivity index (χ1) is 9.29. The van der Waals surface area contributed by atoms with E-state index in [-0.39, 0.29) is 5.69 Å². The first kappa shape index (κ1) is 15.9. The summed E-state index contributed by atoms with van der Waals surface area (Å²) in [6.45, 7) is 1.06. The van der Waals surface area contributed by atoms with Crippen LogP contribution in [0.1, 0.15) is 6.92 Å². The van der Waals surface area contributed by atoms with Crippen molar-refractivity contribution in [1.82, 2.24) is 0 Å². The summed E-state index contributed by atoms with van der Waals surface area (Å²) in [5, 5.41) is 13.1. The third-order valence-corrected chi connectivity index (χ3v) is 2.55. The number of methoxy groups -OCH3 is 1. The van der Waals surface area contributed by atoms with E-state index in [1.807, 2.05) is 0 Å². The third-order valence-electron chi connectivity index (χ3n) is 2.55. The Kier molecular flexibility index (Phi) is 5.01. The molecule has 2 radical (unpaired) electrons. The van der Waals surface area contributed by atoms with Gasteiger partial charge < -0.3 is 10.1 Å². The molecule has 0 aliphatic carbocycles. The summed E-state index contributed by atoms with van der Waals surface area (Å²) in [5.41, 5.74) is -1.74. The van der Waals surface area contributed by atoms with E-state index in [2.05, 4.69) is 10.1 Å². The average Bonchev–Trinajstić information content (AvgIpc) is 2.38. The van der Waals surface area contributed by atoms with Crippen LogP contribution in [-0.2, 0) is 9.53 Å². The molecule has 6 nitrogen and oxygen atoms in total. The normalized spacial score (nSPS) is 13.4. The molecule has 0 saturated heterocycles. The molecule has 20 heavy (non-hydrogen) atoms. The number of esters is 1. The van der Waals surface area contributed by atoms with Gasteiger partial charge in [0.05, 0.1) is 12.0 Å². The zero-order chi connectivity index (χ0) is 15.4. The van der Waals surface area contributed by atoms with Gasteiger partial charge in [-0.1, -0.05) is 11.5 Å². The van der Waals surface area contributed by atoms with E-state index in [1.54, 1.807) is 0 Å². The second kappa shape index (κ2) is 6.31. The Morgan fingerprint density at radius 1 is 1.55 bits per heavy atom. The van der Waals surface area contributed by atoms with Gasteiger partial charge in [0, 0.05) is 0 Å². The van der Waals surface area contributed by atoms with Gasteiger partial charge in [0.1, 0.15) is 19.7 Å². The molecule has 0 aromatic heterocycles. The molecule has 2 atom stereocenters. The van der Waals surface area contributed by atoms with Crippen LogP contribution in [0.25, 0.3) is 0 Å². The van der Waals surface area contributed by atoms with Gasteiger partial charge in [-0.15, -0.1) is 0 Å². The number of carbonyl (C=O) groups is 1. The largest absolute Gasteiger partial charge is 0.467 e. The summed E-state index contributed by atoms with van der Waals surface area (Å²) in [4.78, 5) is 21.2. The molecule has 0 aliphatic heterocycles. The van der Waals surface area contributed by atoms with E-state index in [0.29, 0.717) is 0 Å². The lowest BCUT2D eigenvalue weighted by molar-refractivity contribution is -0.386. The number of anilines is 1. The summed E-state index contributed by atoms with van der Waals surface area (Å²) in [7, 11) is 6.27. The molecule has 1 aromatic rings. The monoisotopic (exact) mass is 284 g/mol. The van der Waals surface area contributed by atoms with Gasteiger partial charge in [-0.2, -0.15) is 4.39 Å². The van der Waals surface area contributed by atoms with Crippen molar-refractivity contribution in [3.63, 3.8) is 0 Å². The molecule has 0 bridgehead atoms. The summed E-state index contributed by atoms with van der Waals surface area (Å²) in [6.07, 6.45) is -1.71. The van der Waals surface area contributed by atoms with Crippen molar-refractivity contribution in [2.45, 2.75) is 19.1 Å². The topological polar surface area (TPSA) is 81.5 Å². The SMILES string of the molecule is [B]c1ccc(NC(C(=O)OC)C(C)F)c([N+](=O)[O-])c1F. The fourth-order valence-electron chi connectivity index (χ4n) is 1.53. The number of ether oxygens (including phenoxy) is 1. The van der Waals surface area contributed by atoms with E-state index in [0.717, 1.165) is 26.2 Å². The van der Waals surface area contributed by atoms with Crippen molar-refractivity contribution in [3.8, 4) is 0 Å². The molecule has 0 fully saturated rings. The fraction of sp³-hybridized carbons (Fsp3) is 0.364. The summed E-state index contributed by atoms with van der Waals surface area (Å²) in [5.74, 6) is -2.22. The van der Waals surface area contributed by atoms with Crippen molar-refractivity contribution in [1.29, 1.82) is 0 Å². The van der Waals surface area contributed by atoms with E-state index < -0.39 is 40.1 Å². The van der Waals surface area contributed by atoms with Crippen molar-refractivity contribution < 1.29 is 23.2 Å². The molecule has 1 rings (SSSR count). The Balaban J connectivity index is 3.23. The van der Waals surface area contributed by atoms with Crippen LogP contribution < -0.4 is 10.8 Å². The van der Waals surface area contributed by atoms with Gasteiger partial charge in [0.25, 0.3) is 0 Å². The van der Waals surface area contributed by atoms with Gasteiger partial charge in [-0.25, -0.2) is 9.18 Å². The standard InChI is InChI=1S/C11H11BF2N2O4/c1-5(13)9(11(17)20-2)15-7-4-3-6(12)8(14)10(7)16(18)19/h3-5,9,15H,1-2H3. The highest BCUT2D eigenvalue weighted by molar-refractivity contribution is 6.32. The number of halogens is 2. The molecular weight excluding hydrogens is 273 g/mol. The molecule has 0 saturated carbocycles. The van der Waals surface area contributed by atoms with Crippen molar-refractivity contribution in [2.24, 2.45) is 0 Å². The lowest BCUT2D eigenvalue weighted by Crippen LogP contribution is -2.38. The van der Waals surface area contributed by atoms with Crippen LogP contribution in [0.4, 0.5) is 20.2 Å². The number of hydrogen-bond donors (Lipinski definition) is 1. The number of nitro benzene ring substituents is 1. The van der Waals surface area contributed by atoms with Crippen LogP contribution in [-0.4, -0.2) is 38.1 Å². The van der Waals surface area contributed by atoms with E-state index in [4.69, 9.17) is 7.85 Å². The Bertz CT molecular complexity index is 539. The second-order valence-electron chi connectivity index (χ2n) is 3.94. The second-order valence-corrected chi connectivity index (χ2v) is 3.94. The van der Waals surface area contributed by atoms with Gasteiger partial charge in [0.15, 0.2) is 11.9 Å². The molecule has 9 heteroatoms. The number of benzene rings is 1. The van der Waals surface area contributed by atoms with E-state index >= 15 is 0 Å². The number of alkyl halides is 1. The number of hydrogen-bond acceptors (Lipinski definition) is 5. The van der Waals surface area contributed by atoms with E-state index in [1.165, 1.54) is 0 Å². The van der Waals surface area contributed by atoms with Crippen molar-refractivity contribution in [2.75, 3.05) is 12.4 Å². The number of nitro groups is 1. The molecule has 0 heterocycles. The Morgan fingerprint density at radius 3 is 2.60 bits per heavy atom. The molecule has 0 aliphatic rings.